The summed E-state index contributed by atoms with van der Waals surface area (Å²) in [7, 11) is -2.46. The second-order valence-corrected chi connectivity index (χ2v) is 6.75. The third kappa shape index (κ3) is 3.00. The van der Waals surface area contributed by atoms with Gasteiger partial charge in [0.2, 0.25) is 0 Å². The molecule has 0 aromatic heterocycles. The van der Waals surface area contributed by atoms with E-state index in [2.05, 4.69) is 9.90 Å². The topological polar surface area (TPSA) is 102 Å². The Morgan fingerprint density at radius 2 is 2.11 bits per heavy atom. The molecule has 0 saturated heterocycles. The third-order valence-electron chi connectivity index (χ3n) is 2.04. The first-order valence-corrected chi connectivity index (χ1v) is 7.01. The zero-order valence-electron chi connectivity index (χ0n) is 9.55. The molecule has 0 fully saturated rings. The fourth-order valence-electron chi connectivity index (χ4n) is 0.991. The SMILES string of the molecule is CS(C)(N=O)C(=O)Nc1cc([N+](=O)[O-])ccc1F. The number of carbonyl (C=O) groups is 1. The molecule has 0 aliphatic heterocycles. The first-order valence-electron chi connectivity index (χ1n) is 4.61. The summed E-state index contributed by atoms with van der Waals surface area (Å²) in [5.41, 5.74) is -0.711. The fraction of sp³-hybridized carbons (Fsp3) is 0.222. The molecule has 9 heteroatoms. The molecular formula is C9H10FN3O4S. The van der Waals surface area contributed by atoms with E-state index < -0.39 is 26.2 Å². The summed E-state index contributed by atoms with van der Waals surface area (Å²) in [6.07, 6.45) is 2.65. The lowest BCUT2D eigenvalue weighted by atomic mass is 10.2. The molecule has 0 heterocycles. The van der Waals surface area contributed by atoms with Crippen molar-refractivity contribution in [2.75, 3.05) is 17.8 Å². The molecule has 0 spiro atoms. The summed E-state index contributed by atoms with van der Waals surface area (Å²) < 4.78 is 16.0. The molecular weight excluding hydrogens is 265 g/mol. The van der Waals surface area contributed by atoms with Crippen molar-refractivity contribution in [2.45, 2.75) is 0 Å². The molecule has 0 radical (unpaired) electrons. The maximum absolute atomic E-state index is 13.3. The van der Waals surface area contributed by atoms with Gasteiger partial charge < -0.3 is 5.32 Å². The van der Waals surface area contributed by atoms with Gasteiger partial charge in [0, 0.05) is 12.1 Å². The quantitative estimate of drug-likeness (QED) is 0.520. The molecule has 0 aliphatic rings. The number of carbonyl (C=O) groups excluding carboxylic acids is 1. The normalized spacial score (nSPS) is 11.7. The largest absolute Gasteiger partial charge is 0.314 e. The molecule has 0 saturated carbocycles. The Morgan fingerprint density at radius 1 is 1.50 bits per heavy atom. The molecule has 1 rings (SSSR count). The number of nitrogens with one attached hydrogen (secondary N) is 1. The standard InChI is InChI=1S/C9H10FN3O4S/c1-18(2,12-15)9(14)11-8-5-6(13(16)17)3-4-7(8)10/h3-5H,1-2H3,(H,11,14). The number of rotatable bonds is 3. The smallest absolute Gasteiger partial charge is 0.287 e. The van der Waals surface area contributed by atoms with E-state index in [-0.39, 0.29) is 11.4 Å². The number of nitro groups is 1. The van der Waals surface area contributed by atoms with Gasteiger partial charge in [0.05, 0.1) is 10.6 Å². The Morgan fingerprint density at radius 3 is 2.61 bits per heavy atom. The predicted octanol–water partition coefficient (Wildman–Crippen LogP) is 3.01. The van der Waals surface area contributed by atoms with Gasteiger partial charge in [-0.25, -0.2) is 4.39 Å². The van der Waals surface area contributed by atoms with E-state index in [0.29, 0.717) is 0 Å². The van der Waals surface area contributed by atoms with Crippen LogP contribution in [0.2, 0.25) is 0 Å². The van der Waals surface area contributed by atoms with Crippen LogP contribution in [-0.2, 0) is 0 Å². The molecule has 1 N–H and O–H groups in total. The van der Waals surface area contributed by atoms with Gasteiger partial charge in [-0.15, -0.1) is 4.91 Å². The van der Waals surface area contributed by atoms with Crippen molar-refractivity contribution in [3.8, 4) is 0 Å². The first-order chi connectivity index (χ1) is 8.27. The maximum atomic E-state index is 13.3. The van der Waals surface area contributed by atoms with E-state index in [4.69, 9.17) is 0 Å². The highest BCUT2D eigenvalue weighted by atomic mass is 32.3. The second-order valence-electron chi connectivity index (χ2n) is 3.68. The fourth-order valence-corrected chi connectivity index (χ4v) is 1.42. The van der Waals surface area contributed by atoms with Crippen LogP contribution in [0.5, 0.6) is 0 Å². The molecule has 18 heavy (non-hydrogen) atoms. The number of hydrogen-bond acceptors (Lipinski definition) is 5. The van der Waals surface area contributed by atoms with Crippen LogP contribution in [0.25, 0.3) is 0 Å². The number of nitro benzene ring substituents is 1. The number of nitroso groups, excluding NO2 is 1. The zero-order valence-corrected chi connectivity index (χ0v) is 10.4. The van der Waals surface area contributed by atoms with E-state index in [1.807, 2.05) is 0 Å². The molecule has 7 nitrogen and oxygen atoms in total. The average Bonchev–Trinajstić information content (AvgIpc) is 2.31. The molecule has 0 bridgehead atoms. The Bertz CT molecular complexity index is 521. The van der Waals surface area contributed by atoms with E-state index >= 15 is 0 Å². The number of halogens is 1. The summed E-state index contributed by atoms with van der Waals surface area (Å²) in [5.74, 6) is -0.824. The van der Waals surface area contributed by atoms with E-state index in [0.717, 1.165) is 18.2 Å². The van der Waals surface area contributed by atoms with Crippen LogP contribution in [0, 0.1) is 20.8 Å². The molecule has 1 amide bonds. The zero-order chi connectivity index (χ0) is 13.9. The lowest BCUT2D eigenvalue weighted by Crippen LogP contribution is -2.16. The molecule has 0 unspecified atom stereocenters. The Balaban J connectivity index is 3.04. The average molecular weight is 275 g/mol. The molecule has 1 aromatic carbocycles. The van der Waals surface area contributed by atoms with Crippen molar-refractivity contribution >= 4 is 26.8 Å². The van der Waals surface area contributed by atoms with Crippen molar-refractivity contribution in [3.63, 3.8) is 0 Å². The van der Waals surface area contributed by atoms with Crippen LogP contribution in [0.1, 0.15) is 0 Å². The minimum absolute atomic E-state index is 0.349. The van der Waals surface area contributed by atoms with Gasteiger partial charge >= 0.3 is 0 Å². The van der Waals surface area contributed by atoms with E-state index in [1.165, 1.54) is 12.5 Å². The van der Waals surface area contributed by atoms with Crippen molar-refractivity contribution < 1.29 is 14.1 Å². The highest BCUT2D eigenvalue weighted by Gasteiger charge is 2.24. The monoisotopic (exact) mass is 275 g/mol. The number of nitrogens with zero attached hydrogens (tertiary/aromatic N) is 2. The van der Waals surface area contributed by atoms with Crippen LogP contribution < -0.4 is 5.32 Å². The van der Waals surface area contributed by atoms with Crippen molar-refractivity contribution in [3.05, 3.63) is 39.0 Å². The van der Waals surface area contributed by atoms with Crippen molar-refractivity contribution in [1.82, 2.24) is 0 Å². The number of amides is 1. The highest BCUT2D eigenvalue weighted by molar-refractivity contribution is 8.43. The van der Waals surface area contributed by atoms with E-state index in [1.54, 1.807) is 0 Å². The molecule has 1 aromatic rings. The van der Waals surface area contributed by atoms with Gasteiger partial charge in [-0.1, -0.05) is 0 Å². The minimum atomic E-state index is -2.46. The van der Waals surface area contributed by atoms with Crippen molar-refractivity contribution in [2.24, 2.45) is 4.58 Å². The summed E-state index contributed by atoms with van der Waals surface area (Å²) in [4.78, 5) is 31.8. The number of anilines is 1. The van der Waals surface area contributed by atoms with Crippen LogP contribution in [0.15, 0.2) is 22.8 Å². The van der Waals surface area contributed by atoms with Gasteiger partial charge in [-0.3, -0.25) is 14.9 Å². The van der Waals surface area contributed by atoms with Crippen LogP contribution >= 0.6 is 10.2 Å². The molecule has 0 atom stereocenters. The van der Waals surface area contributed by atoms with Gasteiger partial charge in [0.15, 0.2) is 0 Å². The van der Waals surface area contributed by atoms with Gasteiger partial charge in [-0.05, 0) is 33.4 Å². The predicted molar refractivity (Wildman–Crippen MR) is 67.3 cm³/mol. The Labute approximate surface area is 103 Å². The number of non-ortho nitro benzene ring substituents is 1. The maximum Gasteiger partial charge on any atom is 0.287 e. The molecule has 0 aliphatic carbocycles. The Kier molecular flexibility index (Phi) is 3.96. The summed E-state index contributed by atoms with van der Waals surface area (Å²) >= 11 is 0. The first kappa shape index (κ1) is 14.0. The lowest BCUT2D eigenvalue weighted by molar-refractivity contribution is -0.384. The van der Waals surface area contributed by atoms with Crippen LogP contribution in [-0.4, -0.2) is 22.7 Å². The van der Waals surface area contributed by atoms with Crippen LogP contribution in [0.3, 0.4) is 0 Å². The van der Waals surface area contributed by atoms with Gasteiger partial charge in [0.1, 0.15) is 5.82 Å². The Hall–Kier alpha value is -2.03. The second kappa shape index (κ2) is 5.08. The lowest BCUT2D eigenvalue weighted by Gasteiger charge is -2.19. The number of hydrogen-bond donors (Lipinski definition) is 1. The third-order valence-corrected chi connectivity index (χ3v) is 3.42. The van der Waals surface area contributed by atoms with Crippen molar-refractivity contribution in [1.29, 1.82) is 0 Å². The molecule has 98 valence electrons. The van der Waals surface area contributed by atoms with Crippen LogP contribution in [0.4, 0.5) is 20.6 Å². The minimum Gasteiger partial charge on any atom is -0.314 e. The van der Waals surface area contributed by atoms with E-state index in [9.17, 15) is 24.2 Å². The summed E-state index contributed by atoms with van der Waals surface area (Å²) in [6, 6.07) is 2.72. The summed E-state index contributed by atoms with van der Waals surface area (Å²) in [5, 5.41) is 11.9. The van der Waals surface area contributed by atoms with Gasteiger partial charge in [-0.2, -0.15) is 0 Å². The highest BCUT2D eigenvalue weighted by Crippen LogP contribution is 2.42. The van der Waals surface area contributed by atoms with Gasteiger partial charge in [0.25, 0.3) is 10.9 Å². The number of benzene rings is 1. The summed E-state index contributed by atoms with van der Waals surface area (Å²) in [6.45, 7) is 0.